The van der Waals surface area contributed by atoms with E-state index in [2.05, 4.69) is 5.10 Å². The molecule has 6 heteroatoms. The van der Waals surface area contributed by atoms with Gasteiger partial charge in [0.15, 0.2) is 0 Å². The molecule has 0 aliphatic heterocycles. The van der Waals surface area contributed by atoms with Crippen LogP contribution >= 0.6 is 11.6 Å². The average molecular weight is 260 g/mol. The van der Waals surface area contributed by atoms with Gasteiger partial charge < -0.3 is 5.11 Å². The molecular formula is C11H18ClN3O2. The minimum atomic E-state index is -0.790. The Kier molecular flexibility index (Phi) is 4.96. The first kappa shape index (κ1) is 14.0. The second kappa shape index (κ2) is 6.02. The highest BCUT2D eigenvalue weighted by atomic mass is 35.5. The summed E-state index contributed by atoms with van der Waals surface area (Å²) >= 11 is 6.21. The molecule has 1 N–H and O–H groups in total. The normalized spacial score (nSPS) is 11.1. The van der Waals surface area contributed by atoms with Gasteiger partial charge in [0.1, 0.15) is 0 Å². The van der Waals surface area contributed by atoms with Crippen LogP contribution in [0.15, 0.2) is 0 Å². The Bertz CT molecular complexity index is 404. The highest BCUT2D eigenvalue weighted by molar-refractivity contribution is 6.31. The van der Waals surface area contributed by atoms with E-state index in [0.29, 0.717) is 18.1 Å². The van der Waals surface area contributed by atoms with Gasteiger partial charge in [0.2, 0.25) is 0 Å². The van der Waals surface area contributed by atoms with Crippen LogP contribution in [-0.4, -0.2) is 39.3 Å². The van der Waals surface area contributed by atoms with Crippen LogP contribution in [0.5, 0.6) is 0 Å². The van der Waals surface area contributed by atoms with E-state index in [4.69, 9.17) is 16.7 Å². The Morgan fingerprint density at radius 1 is 1.59 bits per heavy atom. The summed E-state index contributed by atoms with van der Waals surface area (Å²) in [5.41, 5.74) is 1.81. The van der Waals surface area contributed by atoms with E-state index < -0.39 is 5.97 Å². The predicted molar refractivity (Wildman–Crippen MR) is 66.2 cm³/mol. The Hall–Kier alpha value is -1.07. The number of aliphatic carboxylic acids is 1. The first-order valence-corrected chi connectivity index (χ1v) is 5.94. The number of carboxylic acids is 1. The van der Waals surface area contributed by atoms with E-state index in [1.807, 2.05) is 25.9 Å². The van der Waals surface area contributed by atoms with E-state index in [1.54, 1.807) is 4.68 Å². The second-order valence-electron chi connectivity index (χ2n) is 4.07. The summed E-state index contributed by atoms with van der Waals surface area (Å²) in [6.07, 6.45) is 0.929. The van der Waals surface area contributed by atoms with E-state index in [9.17, 15) is 4.79 Å². The molecule has 1 aromatic heterocycles. The zero-order chi connectivity index (χ0) is 13.0. The first-order valence-electron chi connectivity index (χ1n) is 5.56. The van der Waals surface area contributed by atoms with Crippen LogP contribution in [0.2, 0.25) is 5.02 Å². The quantitative estimate of drug-likeness (QED) is 0.842. The number of rotatable bonds is 6. The van der Waals surface area contributed by atoms with Gasteiger partial charge >= 0.3 is 5.97 Å². The van der Waals surface area contributed by atoms with Gasteiger partial charge in [-0.1, -0.05) is 18.5 Å². The molecule has 1 rings (SSSR count). The van der Waals surface area contributed by atoms with E-state index in [0.717, 1.165) is 17.8 Å². The summed E-state index contributed by atoms with van der Waals surface area (Å²) < 4.78 is 1.76. The number of carboxylic acid groups (broad SMARTS) is 1. The third kappa shape index (κ3) is 3.71. The molecule has 0 amide bonds. The summed E-state index contributed by atoms with van der Waals surface area (Å²) in [6, 6.07) is 0. The fourth-order valence-electron chi connectivity index (χ4n) is 1.61. The largest absolute Gasteiger partial charge is 0.481 e. The van der Waals surface area contributed by atoms with Gasteiger partial charge in [0.25, 0.3) is 0 Å². The number of nitrogens with zero attached hydrogens (tertiary/aromatic N) is 3. The number of hydrogen-bond acceptors (Lipinski definition) is 3. The molecule has 0 saturated carbocycles. The van der Waals surface area contributed by atoms with Crippen LogP contribution in [0.3, 0.4) is 0 Å². The van der Waals surface area contributed by atoms with Crippen molar-refractivity contribution in [2.45, 2.75) is 26.3 Å². The van der Waals surface area contributed by atoms with Crippen molar-refractivity contribution in [2.75, 3.05) is 13.6 Å². The molecule has 96 valence electrons. The molecule has 0 atom stereocenters. The van der Waals surface area contributed by atoms with Crippen LogP contribution in [0.4, 0.5) is 0 Å². The predicted octanol–water partition coefficient (Wildman–Crippen LogP) is 1.54. The Morgan fingerprint density at radius 2 is 2.24 bits per heavy atom. The van der Waals surface area contributed by atoms with Gasteiger partial charge in [0, 0.05) is 20.1 Å². The SMILES string of the molecule is CCc1nn(C)c(CN(C)CCC(=O)O)c1Cl. The molecule has 1 aromatic rings. The fraction of sp³-hybridized carbons (Fsp3) is 0.636. The zero-order valence-electron chi connectivity index (χ0n) is 10.4. The standard InChI is InChI=1S/C11H18ClN3O2/c1-4-8-11(12)9(15(3)13-8)7-14(2)6-5-10(16)17/h4-7H2,1-3H3,(H,16,17). The molecular weight excluding hydrogens is 242 g/mol. The second-order valence-corrected chi connectivity index (χ2v) is 4.44. The maximum absolute atomic E-state index is 10.5. The lowest BCUT2D eigenvalue weighted by molar-refractivity contribution is -0.137. The molecule has 5 nitrogen and oxygen atoms in total. The first-order chi connectivity index (χ1) is 7.95. The lowest BCUT2D eigenvalue weighted by Gasteiger charge is -2.15. The van der Waals surface area contributed by atoms with Crippen molar-refractivity contribution < 1.29 is 9.90 Å². The minimum Gasteiger partial charge on any atom is -0.481 e. The van der Waals surface area contributed by atoms with Crippen LogP contribution in [0, 0.1) is 0 Å². The van der Waals surface area contributed by atoms with Crippen LogP contribution in [0.1, 0.15) is 24.7 Å². The van der Waals surface area contributed by atoms with Crippen molar-refractivity contribution in [1.82, 2.24) is 14.7 Å². The van der Waals surface area contributed by atoms with Gasteiger partial charge in [-0.05, 0) is 13.5 Å². The fourth-order valence-corrected chi connectivity index (χ4v) is 1.97. The Labute approximate surface area is 106 Å². The van der Waals surface area contributed by atoms with E-state index in [1.165, 1.54) is 0 Å². The summed E-state index contributed by atoms with van der Waals surface area (Å²) in [6.45, 7) is 3.11. The molecule has 1 heterocycles. The average Bonchev–Trinajstić information content (AvgIpc) is 2.53. The zero-order valence-corrected chi connectivity index (χ0v) is 11.2. The molecule has 0 aliphatic rings. The highest BCUT2D eigenvalue weighted by Gasteiger charge is 2.14. The smallest absolute Gasteiger partial charge is 0.304 e. The van der Waals surface area contributed by atoms with Gasteiger partial charge in [-0.15, -0.1) is 0 Å². The van der Waals surface area contributed by atoms with Crippen molar-refractivity contribution in [1.29, 1.82) is 0 Å². The topological polar surface area (TPSA) is 58.4 Å². The van der Waals surface area contributed by atoms with Gasteiger partial charge in [-0.2, -0.15) is 5.10 Å². The summed E-state index contributed by atoms with van der Waals surface area (Å²) in [5, 5.41) is 13.6. The van der Waals surface area contributed by atoms with Crippen LogP contribution in [-0.2, 0) is 24.8 Å². The molecule has 0 bridgehead atoms. The van der Waals surface area contributed by atoms with Gasteiger partial charge in [-0.25, -0.2) is 0 Å². The van der Waals surface area contributed by atoms with Crippen molar-refractivity contribution in [2.24, 2.45) is 7.05 Å². The van der Waals surface area contributed by atoms with Gasteiger partial charge in [-0.3, -0.25) is 14.4 Å². The van der Waals surface area contributed by atoms with Crippen molar-refractivity contribution in [3.63, 3.8) is 0 Å². The van der Waals surface area contributed by atoms with E-state index >= 15 is 0 Å². The number of aromatic nitrogens is 2. The number of aryl methyl sites for hydroxylation is 2. The van der Waals surface area contributed by atoms with E-state index in [-0.39, 0.29) is 6.42 Å². The Morgan fingerprint density at radius 3 is 2.71 bits per heavy atom. The molecule has 0 aliphatic carbocycles. The van der Waals surface area contributed by atoms with Crippen LogP contribution in [0.25, 0.3) is 0 Å². The molecule has 0 aromatic carbocycles. The molecule has 0 saturated heterocycles. The van der Waals surface area contributed by atoms with Crippen molar-refractivity contribution in [3.05, 3.63) is 16.4 Å². The highest BCUT2D eigenvalue weighted by Crippen LogP contribution is 2.21. The summed E-state index contributed by atoms with van der Waals surface area (Å²) in [5.74, 6) is -0.790. The third-order valence-corrected chi connectivity index (χ3v) is 3.07. The molecule has 17 heavy (non-hydrogen) atoms. The molecule has 0 fully saturated rings. The lowest BCUT2D eigenvalue weighted by Crippen LogP contribution is -2.22. The van der Waals surface area contributed by atoms with Crippen molar-refractivity contribution in [3.8, 4) is 0 Å². The maximum Gasteiger partial charge on any atom is 0.304 e. The monoisotopic (exact) mass is 259 g/mol. The van der Waals surface area contributed by atoms with Crippen LogP contribution < -0.4 is 0 Å². The third-order valence-electron chi connectivity index (χ3n) is 2.63. The minimum absolute atomic E-state index is 0.132. The van der Waals surface area contributed by atoms with Gasteiger partial charge in [0.05, 0.1) is 22.8 Å². The number of carbonyl (C=O) groups is 1. The van der Waals surface area contributed by atoms with Crippen molar-refractivity contribution >= 4 is 17.6 Å². The molecule has 0 unspecified atom stereocenters. The maximum atomic E-state index is 10.5. The summed E-state index contributed by atoms with van der Waals surface area (Å²) in [7, 11) is 3.73. The number of hydrogen-bond donors (Lipinski definition) is 1. The molecule has 0 radical (unpaired) electrons. The lowest BCUT2D eigenvalue weighted by atomic mass is 10.3. The Balaban J connectivity index is 2.67. The summed E-state index contributed by atoms with van der Waals surface area (Å²) in [4.78, 5) is 12.4. The molecule has 0 spiro atoms. The number of halogens is 1.